The number of hydrogen-bond acceptors (Lipinski definition) is 6. The molecule has 1 fully saturated rings. The Morgan fingerprint density at radius 2 is 1.76 bits per heavy atom. The van der Waals surface area contributed by atoms with Crippen LogP contribution < -0.4 is 20.1 Å². The van der Waals surface area contributed by atoms with Gasteiger partial charge in [-0.05, 0) is 78.9 Å². The predicted molar refractivity (Wildman–Crippen MR) is 177 cm³/mol. The van der Waals surface area contributed by atoms with Gasteiger partial charge < -0.3 is 15.4 Å². The maximum atomic E-state index is 14.8. The van der Waals surface area contributed by atoms with Gasteiger partial charge in [0.25, 0.3) is 5.91 Å². The van der Waals surface area contributed by atoms with Crippen LogP contribution in [0.15, 0.2) is 54.6 Å². The van der Waals surface area contributed by atoms with Gasteiger partial charge in [0.05, 0.1) is 17.3 Å². The van der Waals surface area contributed by atoms with Gasteiger partial charge in [-0.3, -0.25) is 9.59 Å². The number of thiocarbonyl (C=S) groups is 1. The average Bonchev–Trinajstić information content (AvgIpc) is 3.24. The highest BCUT2D eigenvalue weighted by Crippen LogP contribution is 2.59. The molecule has 0 aromatic heterocycles. The molecule has 0 aliphatic carbocycles. The number of hydrogen-bond donors (Lipinski definition) is 3. The third-order valence-electron chi connectivity index (χ3n) is 8.79. The third-order valence-corrected chi connectivity index (χ3v) is 10.1. The number of piperidine rings is 1. The Labute approximate surface area is 277 Å². The molecular weight excluding hydrogens is 660 g/mol. The Hall–Kier alpha value is -3.25. The summed E-state index contributed by atoms with van der Waals surface area (Å²) in [7, 11) is -3.89. The van der Waals surface area contributed by atoms with Crippen LogP contribution in [0, 0.1) is 12.7 Å². The second-order valence-corrected chi connectivity index (χ2v) is 14.6. The van der Waals surface area contributed by atoms with Crippen LogP contribution in [0.5, 0.6) is 5.75 Å². The number of amides is 2. The molecule has 3 N–H and O–H groups in total. The molecule has 2 heterocycles. The Balaban J connectivity index is 1.78. The summed E-state index contributed by atoms with van der Waals surface area (Å²) in [6.45, 7) is 5.27. The summed E-state index contributed by atoms with van der Waals surface area (Å²) in [6.07, 6.45) is 1.34. The molecule has 3 atom stereocenters. The van der Waals surface area contributed by atoms with Crippen LogP contribution in [-0.4, -0.2) is 37.1 Å². The van der Waals surface area contributed by atoms with Gasteiger partial charge in [0, 0.05) is 33.6 Å². The average molecular weight is 693 g/mol. The van der Waals surface area contributed by atoms with E-state index >= 15 is 0 Å². The largest absolute Gasteiger partial charge is 0.477 e. The molecule has 0 unspecified atom stereocenters. The van der Waals surface area contributed by atoms with Gasteiger partial charge in [-0.2, -0.15) is 0 Å². The highest BCUT2D eigenvalue weighted by molar-refractivity contribution is 7.89. The summed E-state index contributed by atoms with van der Waals surface area (Å²) >= 11 is 18.7. The first-order valence-electron chi connectivity index (χ1n) is 14.3. The zero-order valence-corrected chi connectivity index (χ0v) is 28.1. The molecule has 238 valence electrons. The highest BCUT2D eigenvalue weighted by atomic mass is 35.5. The first-order chi connectivity index (χ1) is 21.1. The summed E-state index contributed by atoms with van der Waals surface area (Å²) in [4.78, 5) is 28.3. The lowest BCUT2D eigenvalue weighted by molar-refractivity contribution is -0.135. The van der Waals surface area contributed by atoms with E-state index in [1.807, 2.05) is 6.92 Å². The van der Waals surface area contributed by atoms with Crippen molar-refractivity contribution in [1.29, 1.82) is 0 Å². The number of fused-ring (bicyclic) bond motifs is 2. The van der Waals surface area contributed by atoms with Crippen LogP contribution in [0.2, 0.25) is 10.0 Å². The van der Waals surface area contributed by atoms with Crippen molar-refractivity contribution >= 4 is 67.9 Å². The predicted octanol–water partition coefficient (Wildman–Crippen LogP) is 6.49. The van der Waals surface area contributed by atoms with Crippen molar-refractivity contribution in [3.05, 3.63) is 92.7 Å². The number of anilines is 1. The van der Waals surface area contributed by atoms with Crippen molar-refractivity contribution in [2.45, 2.75) is 63.0 Å². The standard InChI is InChI=1S/C32H32Cl2FN3O5S2/c1-5-31(6-2,29(39)38-45(4,41)42)43-26-12-9-18(33)13-22(26)24-16-27(44)37-28(21-15-20(35)10-7-17(21)3)32(24)23-11-8-19(34)14-25(23)36-30(32)40/h7-15,24,28H,5-6,16H2,1-4H3,(H,36,40)(H,37,44)(H,38,39)/t24-,28+,32-/m0/s1. The second-order valence-electron chi connectivity index (χ2n) is 11.5. The molecule has 0 bridgehead atoms. The topological polar surface area (TPSA) is 114 Å². The smallest absolute Gasteiger partial charge is 0.277 e. The van der Waals surface area contributed by atoms with E-state index in [1.54, 1.807) is 56.3 Å². The summed E-state index contributed by atoms with van der Waals surface area (Å²) in [6, 6.07) is 13.5. The van der Waals surface area contributed by atoms with Crippen molar-refractivity contribution in [3.63, 3.8) is 0 Å². The summed E-state index contributed by atoms with van der Waals surface area (Å²) < 4.78 is 47.4. The molecule has 45 heavy (non-hydrogen) atoms. The van der Waals surface area contributed by atoms with E-state index in [9.17, 15) is 22.4 Å². The minimum atomic E-state index is -3.89. The number of nitrogens with one attached hydrogen (secondary N) is 3. The van der Waals surface area contributed by atoms with E-state index in [1.165, 1.54) is 12.1 Å². The number of sulfonamides is 1. The molecule has 1 spiro atoms. The molecule has 13 heteroatoms. The number of halogens is 3. The van der Waals surface area contributed by atoms with Crippen LogP contribution in [0.4, 0.5) is 10.1 Å². The quantitative estimate of drug-likeness (QED) is 0.232. The van der Waals surface area contributed by atoms with E-state index in [0.717, 1.165) is 11.8 Å². The molecule has 5 rings (SSSR count). The lowest BCUT2D eigenvalue weighted by Gasteiger charge is -2.48. The summed E-state index contributed by atoms with van der Waals surface area (Å²) in [5.74, 6) is -2.18. The van der Waals surface area contributed by atoms with E-state index in [0.29, 0.717) is 37.4 Å². The SMILES string of the molecule is CCC(CC)(Oc1ccc(Cl)cc1[C@@H]1CC(=S)N[C@H](c2cc(F)ccc2C)[C@@]12C(=O)Nc1cc(Cl)ccc12)C(=O)NS(C)(=O)=O. The number of ether oxygens (including phenoxy) is 1. The third kappa shape index (κ3) is 5.91. The molecule has 2 aliphatic rings. The van der Waals surface area contributed by atoms with Gasteiger partial charge in [0.1, 0.15) is 17.0 Å². The minimum absolute atomic E-state index is 0.135. The zero-order chi connectivity index (χ0) is 32.9. The van der Waals surface area contributed by atoms with Gasteiger partial charge in [-0.25, -0.2) is 17.5 Å². The summed E-state index contributed by atoms with van der Waals surface area (Å²) in [5, 5.41) is 7.08. The van der Waals surface area contributed by atoms with E-state index < -0.39 is 44.7 Å². The van der Waals surface area contributed by atoms with Crippen molar-refractivity contribution in [3.8, 4) is 5.75 Å². The van der Waals surface area contributed by atoms with Gasteiger partial charge in [0.15, 0.2) is 5.60 Å². The molecule has 2 aliphatic heterocycles. The molecule has 0 saturated carbocycles. The Kier molecular flexibility index (Phi) is 8.95. The van der Waals surface area contributed by atoms with Gasteiger partial charge >= 0.3 is 0 Å². The zero-order valence-electron chi connectivity index (χ0n) is 25.0. The number of rotatable bonds is 8. The number of carbonyl (C=O) groups excluding carboxylic acids is 2. The van der Waals surface area contributed by atoms with E-state index in [4.69, 9.17) is 40.2 Å². The molecular formula is C32H32Cl2FN3O5S2. The lowest BCUT2D eigenvalue weighted by Crippen LogP contribution is -2.57. The van der Waals surface area contributed by atoms with Gasteiger partial charge in [0.2, 0.25) is 15.9 Å². The van der Waals surface area contributed by atoms with Crippen molar-refractivity contribution < 1.29 is 27.1 Å². The van der Waals surface area contributed by atoms with Crippen LogP contribution in [0.1, 0.15) is 67.3 Å². The lowest BCUT2D eigenvalue weighted by atomic mass is 9.59. The van der Waals surface area contributed by atoms with Crippen LogP contribution >= 0.6 is 35.4 Å². The molecule has 0 radical (unpaired) electrons. The van der Waals surface area contributed by atoms with Gasteiger partial charge in [-0.1, -0.05) is 61.4 Å². The molecule has 2 amide bonds. The Bertz CT molecular complexity index is 1830. The monoisotopic (exact) mass is 691 g/mol. The number of benzene rings is 3. The fourth-order valence-electron chi connectivity index (χ4n) is 6.56. The molecule has 8 nitrogen and oxygen atoms in total. The highest BCUT2D eigenvalue weighted by Gasteiger charge is 2.61. The van der Waals surface area contributed by atoms with Gasteiger partial charge in [-0.15, -0.1) is 0 Å². The Morgan fingerprint density at radius 1 is 1.09 bits per heavy atom. The van der Waals surface area contributed by atoms with Crippen molar-refractivity contribution in [2.75, 3.05) is 11.6 Å². The van der Waals surface area contributed by atoms with Crippen molar-refractivity contribution in [1.82, 2.24) is 10.0 Å². The molecule has 1 saturated heterocycles. The van der Waals surface area contributed by atoms with Crippen molar-refractivity contribution in [2.24, 2.45) is 0 Å². The molecule has 3 aromatic carbocycles. The summed E-state index contributed by atoms with van der Waals surface area (Å²) in [5.41, 5.74) is -0.130. The van der Waals surface area contributed by atoms with E-state index in [2.05, 4.69) is 15.4 Å². The normalized spacial score (nSPS) is 21.2. The maximum absolute atomic E-state index is 14.8. The van der Waals surface area contributed by atoms with Crippen LogP contribution in [0.25, 0.3) is 0 Å². The van der Waals surface area contributed by atoms with Crippen LogP contribution in [0.3, 0.4) is 0 Å². The Morgan fingerprint density at radius 3 is 2.42 bits per heavy atom. The number of carbonyl (C=O) groups is 2. The van der Waals surface area contributed by atoms with Crippen LogP contribution in [-0.2, 0) is 25.0 Å². The fraction of sp³-hybridized carbons (Fsp3) is 0.344. The first-order valence-corrected chi connectivity index (χ1v) is 17.4. The second kappa shape index (κ2) is 12.2. The van der Waals surface area contributed by atoms with E-state index in [-0.39, 0.29) is 30.9 Å². The fourth-order valence-corrected chi connectivity index (χ4v) is 7.72. The first kappa shape index (κ1) is 33.1. The molecule has 3 aromatic rings. The number of aryl methyl sites for hydroxylation is 1. The minimum Gasteiger partial charge on any atom is -0.477 e. The maximum Gasteiger partial charge on any atom is 0.277 e.